The molecule has 80 heavy (non-hydrogen) atoms. The van der Waals surface area contributed by atoms with Gasteiger partial charge in [-0.2, -0.15) is 0 Å². The van der Waals surface area contributed by atoms with E-state index in [1.54, 1.807) is 0 Å². The van der Waals surface area contributed by atoms with Crippen molar-refractivity contribution in [2.24, 2.45) is 5.41 Å². The molecule has 6 heteroatoms. The van der Waals surface area contributed by atoms with E-state index >= 15 is 0 Å². The third kappa shape index (κ3) is 7.73. The summed E-state index contributed by atoms with van der Waals surface area (Å²) in [6.07, 6.45) is 3.34. The summed E-state index contributed by atoms with van der Waals surface area (Å²) in [4.78, 5) is 16.2. The summed E-state index contributed by atoms with van der Waals surface area (Å²) >= 11 is 0. The Morgan fingerprint density at radius 1 is 0.388 bits per heavy atom. The number of fused-ring (bicyclic) bond motifs is 9. The van der Waals surface area contributed by atoms with Crippen molar-refractivity contribution in [1.29, 1.82) is 0 Å². The Balaban J connectivity index is 1.03. The van der Waals surface area contributed by atoms with Gasteiger partial charge in [-0.3, -0.25) is 0 Å². The lowest BCUT2D eigenvalue weighted by Crippen LogP contribution is -2.41. The number of rotatable bonds is 8. The van der Waals surface area contributed by atoms with Gasteiger partial charge in [0, 0.05) is 71.4 Å². The minimum Gasteiger partial charge on any atom is -0.456 e. The maximum absolute atomic E-state index is 6.47. The van der Waals surface area contributed by atoms with Gasteiger partial charge < -0.3 is 13.4 Å². The number of allylic oxidation sites excluding steroid dienone is 1. The average Bonchev–Trinajstić information content (AvgIpc) is 3.59. The van der Waals surface area contributed by atoms with Gasteiger partial charge in [0.2, 0.25) is 0 Å². The lowest BCUT2D eigenvalue weighted by atomic mass is 9.59. The van der Waals surface area contributed by atoms with Crippen LogP contribution in [0.5, 0.6) is 0 Å². The van der Waals surface area contributed by atoms with E-state index in [0.29, 0.717) is 17.5 Å². The molecule has 0 N–H and O–H groups in total. The van der Waals surface area contributed by atoms with E-state index in [9.17, 15) is 0 Å². The van der Waals surface area contributed by atoms with E-state index in [1.807, 2.05) is 36.4 Å². The third-order valence-corrected chi connectivity index (χ3v) is 17.0. The summed E-state index contributed by atoms with van der Waals surface area (Å²) < 4.78 is 15.6. The van der Waals surface area contributed by atoms with E-state index in [1.165, 1.54) is 38.9 Å². The molecule has 15 rings (SSSR count). The Labute approximate surface area is 464 Å². The topological polar surface area (TPSA) is 69.9 Å². The van der Waals surface area contributed by atoms with Gasteiger partial charge in [0.1, 0.15) is 22.3 Å². The summed E-state index contributed by atoms with van der Waals surface area (Å²) in [7, 11) is 0. The second-order valence-corrected chi connectivity index (χ2v) is 22.6. The van der Waals surface area contributed by atoms with Crippen molar-refractivity contribution in [3.63, 3.8) is 0 Å². The van der Waals surface area contributed by atoms with E-state index in [-0.39, 0.29) is 10.8 Å². The van der Waals surface area contributed by atoms with Crippen LogP contribution < -0.4 is 0 Å². The van der Waals surface area contributed by atoms with Crippen LogP contribution in [0.1, 0.15) is 50.9 Å². The van der Waals surface area contributed by atoms with Crippen LogP contribution in [0.3, 0.4) is 0 Å². The van der Waals surface area contributed by atoms with Gasteiger partial charge in [-0.15, -0.1) is 0 Å². The predicted octanol–water partition coefficient (Wildman–Crippen LogP) is 19.9. The van der Waals surface area contributed by atoms with Crippen molar-refractivity contribution in [2.75, 3.05) is 0 Å². The molecule has 4 heterocycles. The van der Waals surface area contributed by atoms with Gasteiger partial charge in [0.15, 0.2) is 17.5 Å². The Kier molecular flexibility index (Phi) is 10.9. The van der Waals surface area contributed by atoms with Crippen LogP contribution >= 0.6 is 0 Å². The fraction of sp³-hybridized carbons (Fsp3) is 0.0946. The Morgan fingerprint density at radius 3 is 1.34 bits per heavy atom. The zero-order valence-corrected chi connectivity index (χ0v) is 44.9. The van der Waals surface area contributed by atoms with Gasteiger partial charge in [-0.1, -0.05) is 204 Å². The second-order valence-electron chi connectivity index (χ2n) is 22.6. The fourth-order valence-electron chi connectivity index (χ4n) is 12.4. The largest absolute Gasteiger partial charge is 0.456 e. The zero-order valence-electron chi connectivity index (χ0n) is 44.9. The van der Waals surface area contributed by atoms with Crippen LogP contribution in [0.4, 0.5) is 0 Å². The summed E-state index contributed by atoms with van der Waals surface area (Å²) in [5.41, 5.74) is 19.1. The first-order valence-electron chi connectivity index (χ1n) is 27.5. The van der Waals surface area contributed by atoms with E-state index in [4.69, 9.17) is 23.8 Å². The van der Waals surface area contributed by atoms with Crippen LogP contribution in [0.2, 0.25) is 0 Å². The van der Waals surface area contributed by atoms with Crippen LogP contribution in [-0.4, -0.2) is 19.5 Å². The maximum Gasteiger partial charge on any atom is 0.164 e. The van der Waals surface area contributed by atoms with Gasteiger partial charge in [-0.25, -0.2) is 15.0 Å². The van der Waals surface area contributed by atoms with Crippen LogP contribution in [0.25, 0.3) is 140 Å². The Morgan fingerprint density at radius 2 is 0.825 bits per heavy atom. The molecular weight excluding hydrogens is 977 g/mol. The lowest BCUT2D eigenvalue weighted by molar-refractivity contribution is 0.199. The molecule has 4 aromatic heterocycles. The number of benzene rings is 10. The minimum absolute atomic E-state index is 0.182. The van der Waals surface area contributed by atoms with Crippen molar-refractivity contribution in [1.82, 2.24) is 19.5 Å². The monoisotopic (exact) mass is 1030 g/mol. The highest BCUT2D eigenvalue weighted by atomic mass is 16.3. The zero-order chi connectivity index (χ0) is 53.7. The van der Waals surface area contributed by atoms with Crippen molar-refractivity contribution in [2.45, 2.75) is 39.5 Å². The summed E-state index contributed by atoms with van der Waals surface area (Å²) in [6, 6.07) is 83.9. The molecule has 1 unspecified atom stereocenters. The predicted molar refractivity (Wildman–Crippen MR) is 330 cm³/mol. The van der Waals surface area contributed by atoms with Crippen molar-refractivity contribution in [3.05, 3.63) is 253 Å². The highest BCUT2D eigenvalue weighted by molar-refractivity contribution is 6.08. The molecule has 0 aliphatic heterocycles. The first-order chi connectivity index (χ1) is 39.1. The summed E-state index contributed by atoms with van der Waals surface area (Å²) in [6.45, 7) is 9.73. The van der Waals surface area contributed by atoms with Gasteiger partial charge in [0.05, 0.1) is 11.2 Å². The maximum atomic E-state index is 6.47. The van der Waals surface area contributed by atoms with Crippen LogP contribution in [0, 0.1) is 5.41 Å². The number of hydrogen-bond acceptors (Lipinski definition) is 5. The van der Waals surface area contributed by atoms with Gasteiger partial charge in [0.25, 0.3) is 0 Å². The van der Waals surface area contributed by atoms with E-state index < -0.39 is 0 Å². The Hall–Kier alpha value is -9.91. The highest BCUT2D eigenvalue weighted by Gasteiger charge is 2.47. The molecular formula is C74H54N4O2. The molecule has 0 bridgehead atoms. The van der Waals surface area contributed by atoms with Gasteiger partial charge in [-0.05, 0) is 112 Å². The third-order valence-electron chi connectivity index (χ3n) is 17.0. The average molecular weight is 1030 g/mol. The van der Waals surface area contributed by atoms with E-state index in [0.717, 1.165) is 100 Å². The lowest BCUT2D eigenvalue weighted by Gasteiger charge is -2.46. The fourth-order valence-corrected chi connectivity index (χ4v) is 12.4. The number of nitrogens with zero attached hydrogens (tertiary/aromatic N) is 4. The van der Waals surface area contributed by atoms with Crippen molar-refractivity contribution in [3.8, 4) is 73.2 Å². The molecule has 0 saturated heterocycles. The molecule has 0 fully saturated rings. The normalized spacial score (nSPS) is 14.6. The molecule has 0 amide bonds. The minimum atomic E-state index is -0.353. The molecule has 0 radical (unpaired) electrons. The molecule has 1 aliphatic carbocycles. The Bertz CT molecular complexity index is 4580. The standard InChI is InChI=1S/C74H54N4O2/c1-73(2,3)74(4)45-54(47-23-11-6-12-24-47)42-62-61-39-50(46-21-9-5-10-22-46)35-38-63(61)78(69(62)74)68-59(48-25-13-7-14-26-48)40-53(41-60(68)49-27-15-8-16-28-49)72-76-70(51-33-36-57-55-29-17-19-31-64(55)79-66(57)43-51)75-71(77-72)52-34-37-58-56-30-18-20-32-65(56)80-67(58)44-52/h5-44H,45H2,1-4H3. The number of aromatic nitrogens is 4. The van der Waals surface area contributed by atoms with Crippen molar-refractivity contribution < 1.29 is 8.83 Å². The first-order valence-corrected chi connectivity index (χ1v) is 27.5. The molecule has 382 valence electrons. The summed E-state index contributed by atoms with van der Waals surface area (Å²) in [5, 5.41) is 5.42. The summed E-state index contributed by atoms with van der Waals surface area (Å²) in [5.74, 6) is 1.61. The number of furan rings is 2. The molecule has 1 aliphatic rings. The molecule has 10 aromatic carbocycles. The highest BCUT2D eigenvalue weighted by Crippen LogP contribution is 2.56. The second kappa shape index (κ2) is 18.4. The first kappa shape index (κ1) is 47.3. The quantitative estimate of drug-likeness (QED) is 0.152. The molecule has 0 saturated carbocycles. The molecule has 1 atom stereocenters. The van der Waals surface area contributed by atoms with Gasteiger partial charge >= 0.3 is 0 Å². The molecule has 6 nitrogen and oxygen atoms in total. The molecule has 0 spiro atoms. The molecule has 14 aromatic rings. The smallest absolute Gasteiger partial charge is 0.164 e. The number of para-hydroxylation sites is 2. The van der Waals surface area contributed by atoms with Crippen molar-refractivity contribution >= 4 is 66.4 Å². The van der Waals surface area contributed by atoms with Crippen LogP contribution in [-0.2, 0) is 5.41 Å². The van der Waals surface area contributed by atoms with Crippen LogP contribution in [0.15, 0.2) is 245 Å². The number of hydrogen-bond donors (Lipinski definition) is 0. The SMILES string of the molecule is CC(C)(C)C1(C)CC(c2ccccc2)=Cc2c1n(-c1c(-c3ccccc3)cc(-c3nc(-c4ccc5c(c4)oc4ccccc45)nc(-c4ccc5c(c4)oc4ccccc45)n3)cc1-c1ccccc1)c1ccc(-c3ccccc3)cc21. The van der Waals surface area contributed by atoms with E-state index in [2.05, 4.69) is 239 Å².